The molecule has 0 radical (unpaired) electrons. The van der Waals surface area contributed by atoms with Crippen molar-refractivity contribution in [3.63, 3.8) is 0 Å². The van der Waals surface area contributed by atoms with Crippen LogP contribution in [-0.4, -0.2) is 61.4 Å². The number of methoxy groups -OCH3 is 1. The topological polar surface area (TPSA) is 59.5 Å². The maximum Gasteiger partial charge on any atom is 0.318 e. The first-order chi connectivity index (χ1) is 16.8. The average Bonchev–Trinajstić information content (AvgIpc) is 2.85. The van der Waals surface area contributed by atoms with Crippen LogP contribution in [0.1, 0.15) is 25.0 Å². The second-order valence-corrected chi connectivity index (χ2v) is 10.2. The molecule has 1 aromatic heterocycles. The number of rotatable bonds is 9. The Morgan fingerprint density at radius 1 is 1.06 bits per heavy atom. The van der Waals surface area contributed by atoms with Crippen LogP contribution in [0.15, 0.2) is 48.5 Å². The molecule has 0 aliphatic carbocycles. The lowest BCUT2D eigenvalue weighted by atomic mass is 9.83. The Kier molecular flexibility index (Phi) is 8.50. The predicted octanol–water partition coefficient (Wildman–Crippen LogP) is 5.72. The van der Waals surface area contributed by atoms with E-state index in [0.29, 0.717) is 28.4 Å². The molecule has 0 bridgehead atoms. The lowest BCUT2D eigenvalue weighted by molar-refractivity contribution is 0.0295. The van der Waals surface area contributed by atoms with Gasteiger partial charge in [0.2, 0.25) is 0 Å². The first-order valence-electron chi connectivity index (χ1n) is 11.9. The van der Waals surface area contributed by atoms with Crippen molar-refractivity contribution in [3.8, 4) is 17.3 Å². The number of halogens is 2. The van der Waals surface area contributed by atoms with Gasteiger partial charge in [-0.15, -0.1) is 0 Å². The summed E-state index contributed by atoms with van der Waals surface area (Å²) in [7, 11) is 1.58. The van der Waals surface area contributed by atoms with Crippen LogP contribution < -0.4 is 10.1 Å². The van der Waals surface area contributed by atoms with Crippen molar-refractivity contribution in [1.82, 2.24) is 14.9 Å². The number of benzene rings is 2. The van der Waals surface area contributed by atoms with Crippen LogP contribution >= 0.6 is 23.2 Å². The zero-order chi connectivity index (χ0) is 24.8. The number of anilines is 1. The lowest BCUT2D eigenvalue weighted by Crippen LogP contribution is -2.43. The Morgan fingerprint density at radius 3 is 2.60 bits per heavy atom. The Balaban J connectivity index is 1.50. The second kappa shape index (κ2) is 11.6. The molecule has 0 spiro atoms. The molecule has 0 saturated carbocycles. The molecule has 186 valence electrons. The largest absolute Gasteiger partial charge is 0.467 e. The highest BCUT2D eigenvalue weighted by atomic mass is 35.5. The number of hydrogen-bond donors (Lipinski definition) is 1. The molecule has 35 heavy (non-hydrogen) atoms. The van der Waals surface area contributed by atoms with Gasteiger partial charge >= 0.3 is 6.01 Å². The SMILES string of the molecule is COc1nc(NCCc2ccc(Cl)cc2Cl)cc(-c2cccc(C(C)(C)CN3CCOCC3)c2)n1. The zero-order valence-corrected chi connectivity index (χ0v) is 22.0. The maximum atomic E-state index is 6.31. The minimum Gasteiger partial charge on any atom is -0.467 e. The average molecular weight is 515 g/mol. The van der Waals surface area contributed by atoms with Crippen LogP contribution in [0, 0.1) is 0 Å². The van der Waals surface area contributed by atoms with Crippen LogP contribution in [0.4, 0.5) is 5.82 Å². The summed E-state index contributed by atoms with van der Waals surface area (Å²) < 4.78 is 10.9. The number of aromatic nitrogens is 2. The third-order valence-electron chi connectivity index (χ3n) is 6.27. The van der Waals surface area contributed by atoms with E-state index in [1.165, 1.54) is 5.56 Å². The monoisotopic (exact) mass is 514 g/mol. The normalized spacial score (nSPS) is 14.7. The second-order valence-electron chi connectivity index (χ2n) is 9.39. The molecular weight excluding hydrogens is 483 g/mol. The lowest BCUT2D eigenvalue weighted by Gasteiger charge is -2.35. The summed E-state index contributed by atoms with van der Waals surface area (Å²) in [4.78, 5) is 11.6. The van der Waals surface area contributed by atoms with Crippen molar-refractivity contribution in [2.75, 3.05) is 51.8 Å². The van der Waals surface area contributed by atoms with Crippen molar-refractivity contribution in [2.45, 2.75) is 25.7 Å². The van der Waals surface area contributed by atoms with E-state index in [0.717, 1.165) is 56.1 Å². The summed E-state index contributed by atoms with van der Waals surface area (Å²) in [5.41, 5.74) is 4.13. The van der Waals surface area contributed by atoms with E-state index in [4.69, 9.17) is 32.7 Å². The minimum atomic E-state index is -0.0105. The van der Waals surface area contributed by atoms with Gasteiger partial charge in [0.25, 0.3) is 0 Å². The van der Waals surface area contributed by atoms with Crippen LogP contribution in [-0.2, 0) is 16.6 Å². The number of hydrogen-bond acceptors (Lipinski definition) is 6. The predicted molar refractivity (Wildman–Crippen MR) is 143 cm³/mol. The maximum absolute atomic E-state index is 6.31. The van der Waals surface area contributed by atoms with Gasteiger partial charge in [0.1, 0.15) is 5.82 Å². The summed E-state index contributed by atoms with van der Waals surface area (Å²) in [6.45, 7) is 9.77. The highest BCUT2D eigenvalue weighted by molar-refractivity contribution is 6.35. The molecule has 6 nitrogen and oxygen atoms in total. The van der Waals surface area contributed by atoms with Crippen molar-refractivity contribution in [2.24, 2.45) is 0 Å². The van der Waals surface area contributed by atoms with E-state index in [-0.39, 0.29) is 5.41 Å². The number of nitrogens with one attached hydrogen (secondary N) is 1. The van der Waals surface area contributed by atoms with E-state index < -0.39 is 0 Å². The third kappa shape index (κ3) is 6.85. The molecule has 2 aromatic carbocycles. The van der Waals surface area contributed by atoms with Gasteiger partial charge in [0.15, 0.2) is 0 Å². The van der Waals surface area contributed by atoms with Crippen molar-refractivity contribution < 1.29 is 9.47 Å². The van der Waals surface area contributed by atoms with Gasteiger partial charge in [0, 0.05) is 53.3 Å². The van der Waals surface area contributed by atoms with E-state index >= 15 is 0 Å². The van der Waals surface area contributed by atoms with Gasteiger partial charge in [-0.05, 0) is 35.7 Å². The first kappa shape index (κ1) is 25.7. The molecule has 1 saturated heterocycles. The fraction of sp³-hybridized carbons (Fsp3) is 0.407. The third-order valence-corrected chi connectivity index (χ3v) is 6.85. The van der Waals surface area contributed by atoms with Gasteiger partial charge in [-0.1, -0.05) is 61.3 Å². The number of nitrogens with zero attached hydrogens (tertiary/aromatic N) is 3. The molecule has 4 rings (SSSR count). The minimum absolute atomic E-state index is 0.0105. The molecule has 3 aromatic rings. The zero-order valence-electron chi connectivity index (χ0n) is 20.5. The van der Waals surface area contributed by atoms with Crippen LogP contribution in [0.3, 0.4) is 0 Å². The highest BCUT2D eigenvalue weighted by Gasteiger charge is 2.25. The molecule has 1 N–H and O–H groups in total. The van der Waals surface area contributed by atoms with E-state index in [1.54, 1.807) is 13.2 Å². The quantitative estimate of drug-likeness (QED) is 0.393. The molecule has 1 aliphatic rings. The Bertz CT molecular complexity index is 1150. The molecule has 0 amide bonds. The fourth-order valence-electron chi connectivity index (χ4n) is 4.31. The molecule has 2 heterocycles. The van der Waals surface area contributed by atoms with E-state index in [9.17, 15) is 0 Å². The fourth-order valence-corrected chi connectivity index (χ4v) is 4.82. The number of morpholine rings is 1. The molecule has 8 heteroatoms. The van der Waals surface area contributed by atoms with Crippen molar-refractivity contribution in [1.29, 1.82) is 0 Å². The summed E-state index contributed by atoms with van der Waals surface area (Å²) in [6.07, 6.45) is 0.739. The first-order valence-corrected chi connectivity index (χ1v) is 12.6. The van der Waals surface area contributed by atoms with Gasteiger partial charge < -0.3 is 14.8 Å². The standard InChI is InChI=1S/C27H32Cl2N4O2/c1-27(2,18-33-11-13-35-14-12-33)21-6-4-5-20(15-21)24-17-25(32-26(31-24)34-3)30-10-9-19-7-8-22(28)16-23(19)29/h4-8,15-17H,9-14,18H2,1-3H3,(H,30,31,32). The molecule has 0 unspecified atom stereocenters. The Hall–Kier alpha value is -2.38. The molecular formula is C27H32Cl2N4O2. The van der Waals surface area contributed by atoms with Crippen molar-refractivity contribution >= 4 is 29.0 Å². The summed E-state index contributed by atoms with van der Waals surface area (Å²) in [6, 6.07) is 16.4. The Morgan fingerprint density at radius 2 is 1.86 bits per heavy atom. The molecule has 1 aliphatic heterocycles. The van der Waals surface area contributed by atoms with Gasteiger partial charge in [-0.3, -0.25) is 4.90 Å². The summed E-state index contributed by atoms with van der Waals surface area (Å²) in [5, 5.41) is 4.67. The Labute approximate surface area is 217 Å². The summed E-state index contributed by atoms with van der Waals surface area (Å²) in [5.74, 6) is 0.704. The molecule has 1 fully saturated rings. The molecule has 0 atom stereocenters. The van der Waals surface area contributed by atoms with Crippen LogP contribution in [0.25, 0.3) is 11.3 Å². The van der Waals surface area contributed by atoms with Crippen molar-refractivity contribution in [3.05, 3.63) is 69.7 Å². The van der Waals surface area contributed by atoms with Gasteiger partial charge in [0.05, 0.1) is 26.0 Å². The summed E-state index contributed by atoms with van der Waals surface area (Å²) >= 11 is 12.3. The van der Waals surface area contributed by atoms with Gasteiger partial charge in [-0.25, -0.2) is 0 Å². The van der Waals surface area contributed by atoms with Crippen LogP contribution in [0.5, 0.6) is 6.01 Å². The highest BCUT2D eigenvalue weighted by Crippen LogP contribution is 2.30. The van der Waals surface area contributed by atoms with E-state index in [2.05, 4.69) is 58.3 Å². The van der Waals surface area contributed by atoms with Crippen LogP contribution in [0.2, 0.25) is 10.0 Å². The number of ether oxygens (including phenoxy) is 2. The van der Waals surface area contributed by atoms with Gasteiger partial charge in [-0.2, -0.15) is 9.97 Å². The smallest absolute Gasteiger partial charge is 0.318 e. The van der Waals surface area contributed by atoms with E-state index in [1.807, 2.05) is 18.2 Å².